The van der Waals surface area contributed by atoms with E-state index in [9.17, 15) is 22.0 Å². The van der Waals surface area contributed by atoms with Crippen LogP contribution < -0.4 is 19.5 Å². The number of alkyl halides is 2. The van der Waals surface area contributed by atoms with Gasteiger partial charge in [-0.25, -0.2) is 8.42 Å². The van der Waals surface area contributed by atoms with Gasteiger partial charge in [-0.05, 0) is 43.2 Å². The van der Waals surface area contributed by atoms with Crippen LogP contribution in [0.4, 0.5) is 14.5 Å². The van der Waals surface area contributed by atoms with Gasteiger partial charge in [-0.2, -0.15) is 13.1 Å². The summed E-state index contributed by atoms with van der Waals surface area (Å²) in [6, 6.07) is 8.47. The van der Waals surface area contributed by atoms with E-state index >= 15 is 0 Å². The monoisotopic (exact) mass is 502 g/mol. The lowest BCUT2D eigenvalue weighted by molar-refractivity contribution is -0.120. The highest BCUT2D eigenvalue weighted by Gasteiger charge is 2.33. The van der Waals surface area contributed by atoms with Gasteiger partial charge in [-0.15, -0.1) is 0 Å². The molecule has 0 saturated carbocycles. The van der Waals surface area contributed by atoms with Crippen molar-refractivity contribution in [3.05, 3.63) is 41.4 Å². The molecule has 1 fully saturated rings. The summed E-state index contributed by atoms with van der Waals surface area (Å²) < 4.78 is 67.3. The van der Waals surface area contributed by atoms with Crippen molar-refractivity contribution in [2.75, 3.05) is 31.6 Å². The van der Waals surface area contributed by atoms with Crippen molar-refractivity contribution in [1.82, 2.24) is 4.31 Å². The quantitative estimate of drug-likeness (QED) is 0.646. The first kappa shape index (κ1) is 23.5. The van der Waals surface area contributed by atoms with Gasteiger partial charge in [0.15, 0.2) is 11.5 Å². The zero-order valence-electron chi connectivity index (χ0n) is 17.3. The van der Waals surface area contributed by atoms with Gasteiger partial charge < -0.3 is 19.5 Å². The Bertz CT molecular complexity index is 1140. The normalized spacial score (nSPS) is 17.1. The number of nitrogens with one attached hydrogen (secondary N) is 1. The molecule has 4 rings (SSSR count). The second-order valence-electron chi connectivity index (χ2n) is 7.50. The van der Waals surface area contributed by atoms with Crippen molar-refractivity contribution in [2.45, 2.75) is 24.3 Å². The Hall–Kier alpha value is -2.63. The number of hydrogen-bond acceptors (Lipinski definition) is 6. The van der Waals surface area contributed by atoms with E-state index in [2.05, 4.69) is 10.1 Å². The number of rotatable bonds is 6. The van der Waals surface area contributed by atoms with Gasteiger partial charge in [0.1, 0.15) is 19.0 Å². The first-order chi connectivity index (χ1) is 15.7. The fourth-order valence-corrected chi connectivity index (χ4v) is 5.42. The molecular weight excluding hydrogens is 482 g/mol. The minimum absolute atomic E-state index is 0.0616. The van der Waals surface area contributed by atoms with E-state index in [0.29, 0.717) is 43.2 Å². The molecule has 1 N–H and O–H groups in total. The molecule has 1 saturated heterocycles. The fraction of sp³-hybridized carbons (Fsp3) is 0.381. The number of hydrogen-bond donors (Lipinski definition) is 1. The summed E-state index contributed by atoms with van der Waals surface area (Å²) in [5.41, 5.74) is 0.331. The molecule has 2 aliphatic heterocycles. The Balaban J connectivity index is 1.36. The van der Waals surface area contributed by atoms with Gasteiger partial charge in [0.25, 0.3) is 0 Å². The first-order valence-electron chi connectivity index (χ1n) is 10.2. The smallest absolute Gasteiger partial charge is 0.387 e. The van der Waals surface area contributed by atoms with Crippen molar-refractivity contribution in [3.63, 3.8) is 0 Å². The molecule has 2 aliphatic rings. The predicted octanol–water partition coefficient (Wildman–Crippen LogP) is 3.75. The van der Waals surface area contributed by atoms with Crippen molar-refractivity contribution >= 4 is 33.2 Å². The van der Waals surface area contributed by atoms with Crippen LogP contribution in [0.5, 0.6) is 17.2 Å². The maximum absolute atomic E-state index is 13.0. The SMILES string of the molecule is O=C(Nc1ccc(OC(F)F)c(Cl)c1)C1CCN(S(=O)(=O)c2ccc3c(c2)OCCO3)CC1. The number of fused-ring (bicyclic) bond motifs is 1. The number of ether oxygens (including phenoxy) is 3. The van der Waals surface area contributed by atoms with E-state index in [0.717, 1.165) is 0 Å². The molecule has 2 aromatic carbocycles. The van der Waals surface area contributed by atoms with Crippen molar-refractivity contribution in [1.29, 1.82) is 0 Å². The number of carbonyl (C=O) groups excluding carboxylic acids is 1. The van der Waals surface area contributed by atoms with Crippen LogP contribution in [0, 0.1) is 5.92 Å². The summed E-state index contributed by atoms with van der Waals surface area (Å²) in [7, 11) is -3.75. The third-order valence-corrected chi connectivity index (χ3v) is 7.58. The molecule has 33 heavy (non-hydrogen) atoms. The number of carbonyl (C=O) groups is 1. The maximum Gasteiger partial charge on any atom is 0.387 e. The van der Waals surface area contributed by atoms with E-state index in [4.69, 9.17) is 21.1 Å². The molecule has 0 bridgehead atoms. The number of sulfonamides is 1. The molecule has 0 unspecified atom stereocenters. The van der Waals surface area contributed by atoms with E-state index in [1.54, 1.807) is 6.07 Å². The van der Waals surface area contributed by atoms with Crippen LogP contribution in [-0.4, -0.2) is 51.5 Å². The Morgan fingerprint density at radius 1 is 1.09 bits per heavy atom. The zero-order valence-corrected chi connectivity index (χ0v) is 18.9. The predicted molar refractivity (Wildman–Crippen MR) is 116 cm³/mol. The fourth-order valence-electron chi connectivity index (χ4n) is 3.71. The molecule has 0 atom stereocenters. The summed E-state index contributed by atoms with van der Waals surface area (Å²) in [5.74, 6) is -0.00974. The van der Waals surface area contributed by atoms with Gasteiger partial charge in [0.05, 0.1) is 9.92 Å². The highest BCUT2D eigenvalue weighted by atomic mass is 35.5. The Labute approximate surface area is 194 Å². The lowest BCUT2D eigenvalue weighted by Gasteiger charge is -2.31. The van der Waals surface area contributed by atoms with E-state index in [-0.39, 0.29) is 34.7 Å². The molecule has 1 amide bonds. The molecule has 0 aromatic heterocycles. The largest absolute Gasteiger partial charge is 0.486 e. The third kappa shape index (κ3) is 5.31. The van der Waals surface area contributed by atoms with E-state index in [1.807, 2.05) is 0 Å². The molecule has 178 valence electrons. The highest BCUT2D eigenvalue weighted by molar-refractivity contribution is 7.89. The maximum atomic E-state index is 13.0. The lowest BCUT2D eigenvalue weighted by atomic mass is 9.97. The van der Waals surface area contributed by atoms with E-state index < -0.39 is 22.6 Å². The molecule has 8 nitrogen and oxygen atoms in total. The minimum atomic E-state index is -3.75. The summed E-state index contributed by atoms with van der Waals surface area (Å²) in [6.45, 7) is -1.89. The molecular formula is C21H21ClF2N2O6S. The Kier molecular flexibility index (Phi) is 6.91. The summed E-state index contributed by atoms with van der Waals surface area (Å²) in [4.78, 5) is 12.7. The number of nitrogens with zero attached hydrogens (tertiary/aromatic N) is 1. The van der Waals surface area contributed by atoms with Crippen LogP contribution in [0.3, 0.4) is 0 Å². The van der Waals surface area contributed by atoms with Gasteiger partial charge >= 0.3 is 6.61 Å². The van der Waals surface area contributed by atoms with Crippen LogP contribution in [0.15, 0.2) is 41.3 Å². The summed E-state index contributed by atoms with van der Waals surface area (Å²) in [6.07, 6.45) is 0.659. The average Bonchev–Trinajstić information content (AvgIpc) is 2.80. The molecule has 0 radical (unpaired) electrons. The molecule has 0 aliphatic carbocycles. The zero-order chi connectivity index (χ0) is 23.6. The van der Waals surface area contributed by atoms with Crippen LogP contribution in [0.25, 0.3) is 0 Å². The molecule has 0 spiro atoms. The number of amides is 1. The van der Waals surface area contributed by atoms with Crippen LogP contribution in [-0.2, 0) is 14.8 Å². The number of anilines is 1. The second kappa shape index (κ2) is 9.70. The summed E-state index contributed by atoms with van der Waals surface area (Å²) >= 11 is 5.91. The summed E-state index contributed by atoms with van der Waals surface area (Å²) in [5, 5.41) is 2.63. The van der Waals surface area contributed by atoms with Crippen LogP contribution in [0.1, 0.15) is 12.8 Å². The molecule has 2 aromatic rings. The number of halogens is 3. The van der Waals surface area contributed by atoms with Gasteiger partial charge in [0.2, 0.25) is 15.9 Å². The second-order valence-corrected chi connectivity index (χ2v) is 9.84. The number of piperidine rings is 1. The molecule has 12 heteroatoms. The van der Waals surface area contributed by atoms with Crippen molar-refractivity contribution in [2.24, 2.45) is 5.92 Å². The lowest BCUT2D eigenvalue weighted by Crippen LogP contribution is -2.41. The minimum Gasteiger partial charge on any atom is -0.486 e. The first-order valence-corrected chi connectivity index (χ1v) is 12.0. The number of benzene rings is 2. The van der Waals surface area contributed by atoms with E-state index in [1.165, 1.54) is 34.6 Å². The topological polar surface area (TPSA) is 94.2 Å². The van der Waals surface area contributed by atoms with Crippen LogP contribution in [0.2, 0.25) is 5.02 Å². The Morgan fingerprint density at radius 2 is 1.79 bits per heavy atom. The highest BCUT2D eigenvalue weighted by Crippen LogP contribution is 2.34. The van der Waals surface area contributed by atoms with Crippen molar-refractivity contribution < 1.29 is 36.2 Å². The average molecular weight is 503 g/mol. The van der Waals surface area contributed by atoms with Gasteiger partial charge in [-0.1, -0.05) is 11.6 Å². The van der Waals surface area contributed by atoms with Gasteiger partial charge in [0, 0.05) is 30.8 Å². The third-order valence-electron chi connectivity index (χ3n) is 5.39. The standard InChI is InChI=1S/C21H21ClF2N2O6S/c22-16-11-14(1-3-17(16)32-21(23)24)25-20(27)13-5-7-26(8-6-13)33(28,29)15-2-4-18-19(12-15)31-10-9-30-18/h1-4,11-13,21H,5-10H2,(H,25,27). The van der Waals surface area contributed by atoms with Crippen molar-refractivity contribution in [3.8, 4) is 17.2 Å². The van der Waals surface area contributed by atoms with Crippen LogP contribution >= 0.6 is 11.6 Å². The Morgan fingerprint density at radius 3 is 2.45 bits per heavy atom. The van der Waals surface area contributed by atoms with Gasteiger partial charge in [-0.3, -0.25) is 4.79 Å². The molecule has 2 heterocycles.